The van der Waals surface area contributed by atoms with Crippen LogP contribution in [0.4, 0.5) is 0 Å². The van der Waals surface area contributed by atoms with Crippen LogP contribution in [-0.4, -0.2) is 60.6 Å². The van der Waals surface area contributed by atoms with E-state index in [1.807, 2.05) is 0 Å². The molecule has 0 bridgehead atoms. The predicted octanol–water partition coefficient (Wildman–Crippen LogP) is -3.24. The van der Waals surface area contributed by atoms with E-state index in [-0.39, 0.29) is 43.2 Å². The van der Waals surface area contributed by atoms with E-state index in [4.69, 9.17) is 15.1 Å². The second-order valence-electron chi connectivity index (χ2n) is 0.326. The predicted molar refractivity (Wildman–Crippen MR) is 17.9 cm³/mol. The van der Waals surface area contributed by atoms with Gasteiger partial charge in [-0.2, -0.15) is 0 Å². The standard InChI is InChI=1S/BH2O3.Ca.H2O/c2-1(3)4;;/h2-3H;;1H2/q-1;+2;/p-1. The normalized spacial score (nSPS) is 4.50. The first-order chi connectivity index (χ1) is 1.73. The van der Waals surface area contributed by atoms with Crippen LogP contribution in [0.2, 0.25) is 0 Å². The molecule has 0 aliphatic carbocycles. The number of hydrogen-bond donors (Lipinski definition) is 2. The molecule has 0 atom stereocenters. The van der Waals surface area contributed by atoms with Crippen LogP contribution in [0.1, 0.15) is 0 Å². The molecule has 3 N–H and O–H groups in total. The van der Waals surface area contributed by atoms with Gasteiger partial charge in [-0.05, 0) is 0 Å². The van der Waals surface area contributed by atoms with Crippen molar-refractivity contribution in [2.24, 2.45) is 0 Å². The molecule has 0 unspecified atom stereocenters. The molecule has 0 radical (unpaired) electrons. The van der Waals surface area contributed by atoms with E-state index in [0.29, 0.717) is 0 Å². The molecule has 0 aromatic heterocycles. The van der Waals surface area contributed by atoms with Crippen molar-refractivity contribution >= 4 is 45.1 Å². The summed E-state index contributed by atoms with van der Waals surface area (Å²) in [6.07, 6.45) is 0. The van der Waals surface area contributed by atoms with Gasteiger partial charge in [-0.15, -0.1) is 0 Å². The van der Waals surface area contributed by atoms with Gasteiger partial charge in [0.25, 0.3) is 0 Å². The summed E-state index contributed by atoms with van der Waals surface area (Å²) >= 11 is 0. The third-order valence-electron chi connectivity index (χ3n) is 0. The molecule has 0 saturated carbocycles. The van der Waals surface area contributed by atoms with Crippen LogP contribution >= 0.6 is 0 Å². The van der Waals surface area contributed by atoms with Crippen molar-refractivity contribution in [3.63, 3.8) is 0 Å². The summed E-state index contributed by atoms with van der Waals surface area (Å²) in [5.41, 5.74) is 0. The van der Waals surface area contributed by atoms with Gasteiger partial charge in [0.1, 0.15) is 0 Å². The van der Waals surface area contributed by atoms with Crippen molar-refractivity contribution in [2.45, 2.75) is 0 Å². The zero-order valence-corrected chi connectivity index (χ0v) is 5.24. The Bertz CT molecular complexity index is 12.3. The van der Waals surface area contributed by atoms with Gasteiger partial charge in [0.15, 0.2) is 0 Å². The minimum atomic E-state index is -2.42. The molecule has 4 nitrogen and oxygen atoms in total. The minimum Gasteiger partial charge on any atom is -0.870 e. The fourth-order valence-electron chi connectivity index (χ4n) is 0. The maximum absolute atomic E-state index is 8.64. The molecule has 32 valence electrons. The molecule has 0 spiro atoms. The Kier molecular flexibility index (Phi) is 24.8. The van der Waals surface area contributed by atoms with Gasteiger partial charge in [-0.25, -0.2) is 0 Å². The van der Waals surface area contributed by atoms with Crippen molar-refractivity contribution in [3.05, 3.63) is 0 Å². The van der Waals surface area contributed by atoms with Crippen LogP contribution in [0.3, 0.4) is 0 Å². The second kappa shape index (κ2) is 9.48. The summed E-state index contributed by atoms with van der Waals surface area (Å²) in [7, 11) is -2.42. The van der Waals surface area contributed by atoms with E-state index in [0.717, 1.165) is 0 Å². The van der Waals surface area contributed by atoms with Crippen LogP contribution in [0.15, 0.2) is 0 Å². The van der Waals surface area contributed by atoms with Gasteiger partial charge in [0.05, 0.1) is 0 Å². The van der Waals surface area contributed by atoms with Crippen LogP contribution < -0.4 is 5.02 Å². The summed E-state index contributed by atoms with van der Waals surface area (Å²) < 4.78 is 0. The average Bonchev–Trinajstić information content (AvgIpc) is 0.811. The van der Waals surface area contributed by atoms with Gasteiger partial charge < -0.3 is 20.5 Å². The van der Waals surface area contributed by atoms with E-state index in [1.165, 1.54) is 0 Å². The van der Waals surface area contributed by atoms with Crippen LogP contribution in [0, 0.1) is 0 Å². The number of hydrogen-bond acceptors (Lipinski definition) is 4. The molecule has 0 aromatic carbocycles. The molecule has 0 amide bonds. The van der Waals surface area contributed by atoms with Crippen LogP contribution in [-0.2, 0) is 0 Å². The molecule has 0 saturated heterocycles. The molecule has 0 fully saturated rings. The van der Waals surface area contributed by atoms with E-state index < -0.39 is 7.32 Å². The molecule has 0 heterocycles. The summed E-state index contributed by atoms with van der Waals surface area (Å²) in [4.78, 5) is 0. The Morgan fingerprint density at radius 3 is 1.33 bits per heavy atom. The Labute approximate surface area is 65.3 Å². The molecular weight excluding hydrogens is 115 g/mol. The van der Waals surface area contributed by atoms with Gasteiger partial charge in [0.2, 0.25) is 0 Å². The van der Waals surface area contributed by atoms with Crippen molar-refractivity contribution in [2.75, 3.05) is 0 Å². The third kappa shape index (κ3) is 66.0. The molecule has 0 aromatic rings. The van der Waals surface area contributed by atoms with Gasteiger partial charge in [-0.1, -0.05) is 0 Å². The Balaban J connectivity index is -0.0000000450. The van der Waals surface area contributed by atoms with Gasteiger partial charge in [-0.3, -0.25) is 0 Å². The Morgan fingerprint density at radius 1 is 1.33 bits per heavy atom. The van der Waals surface area contributed by atoms with E-state index in [2.05, 4.69) is 0 Å². The van der Waals surface area contributed by atoms with E-state index in [1.54, 1.807) is 0 Å². The topological polar surface area (TPSA) is 93.5 Å². The summed E-state index contributed by atoms with van der Waals surface area (Å²) in [5, 5.41) is 22.8. The molecule has 0 rings (SSSR count). The smallest absolute Gasteiger partial charge is 0.870 e. The maximum atomic E-state index is 8.64. The first kappa shape index (κ1) is 15.7. The van der Waals surface area contributed by atoms with Crippen molar-refractivity contribution < 1.29 is 20.5 Å². The summed E-state index contributed by atoms with van der Waals surface area (Å²) in [6.45, 7) is 0. The quantitative estimate of drug-likeness (QED) is 0.327. The van der Waals surface area contributed by atoms with Crippen molar-refractivity contribution in [1.29, 1.82) is 0 Å². The average molecular weight is 118 g/mol. The summed E-state index contributed by atoms with van der Waals surface area (Å²) in [6, 6.07) is 0. The van der Waals surface area contributed by atoms with Gasteiger partial charge in [0, 0.05) is 0 Å². The van der Waals surface area contributed by atoms with Crippen molar-refractivity contribution in [3.8, 4) is 0 Å². The monoisotopic (exact) mass is 118 g/mol. The number of rotatable bonds is 0. The fourth-order valence-corrected chi connectivity index (χ4v) is 0. The largest absolute Gasteiger partial charge is 2.00 e. The SMILES string of the molecule is [Ca+2].[O-]B(O)O.[OH-]. The first-order valence-corrected chi connectivity index (χ1v) is 0.752. The zero-order chi connectivity index (χ0) is 3.58. The third-order valence-corrected chi connectivity index (χ3v) is 0. The van der Waals surface area contributed by atoms with Crippen molar-refractivity contribution in [1.82, 2.24) is 0 Å². The minimum absolute atomic E-state index is 0. The van der Waals surface area contributed by atoms with E-state index in [9.17, 15) is 0 Å². The van der Waals surface area contributed by atoms with Crippen LogP contribution in [0.25, 0.3) is 0 Å². The molecular formula is H3BCaO4. The van der Waals surface area contributed by atoms with E-state index >= 15 is 0 Å². The second-order valence-corrected chi connectivity index (χ2v) is 0.326. The van der Waals surface area contributed by atoms with Crippen LogP contribution in [0.5, 0.6) is 0 Å². The maximum Gasteiger partial charge on any atom is 2.00 e. The molecule has 0 aliphatic heterocycles. The molecule has 6 heteroatoms. The van der Waals surface area contributed by atoms with Gasteiger partial charge >= 0.3 is 45.1 Å². The molecule has 6 heavy (non-hydrogen) atoms. The summed E-state index contributed by atoms with van der Waals surface area (Å²) in [5.74, 6) is 0. The first-order valence-electron chi connectivity index (χ1n) is 0.752. The zero-order valence-electron chi connectivity index (χ0n) is 3.03. The Morgan fingerprint density at radius 2 is 1.33 bits per heavy atom. The fraction of sp³-hybridized carbons (Fsp3) is 0. The Hall–Kier alpha value is 1.16. The molecule has 0 aliphatic rings.